The Labute approximate surface area is 286 Å². The molecule has 2 unspecified atom stereocenters. The molecule has 5 aliphatic carbocycles. The van der Waals surface area contributed by atoms with Crippen molar-refractivity contribution in [3.8, 4) is 0 Å². The summed E-state index contributed by atoms with van der Waals surface area (Å²) < 4.78 is 5.94. The van der Waals surface area contributed by atoms with Gasteiger partial charge in [0.05, 0.1) is 18.1 Å². The van der Waals surface area contributed by atoms with Gasteiger partial charge in [0, 0.05) is 32.7 Å². The quantitative estimate of drug-likeness (QED) is 0.243. The van der Waals surface area contributed by atoms with E-state index in [4.69, 9.17) is 4.74 Å². The van der Waals surface area contributed by atoms with Gasteiger partial charge in [-0.05, 0) is 121 Å². The third kappa shape index (κ3) is 4.83. The summed E-state index contributed by atoms with van der Waals surface area (Å²) >= 11 is 0. The molecule has 0 aromatic heterocycles. The van der Waals surface area contributed by atoms with E-state index in [1.165, 1.54) is 56.9 Å². The molecule has 1 amide bonds. The largest absolute Gasteiger partial charge is 0.373 e. The van der Waals surface area contributed by atoms with Gasteiger partial charge in [0.15, 0.2) is 0 Å². The third-order valence-electron chi connectivity index (χ3n) is 16.9. The van der Waals surface area contributed by atoms with Crippen LogP contribution in [0.1, 0.15) is 118 Å². The van der Waals surface area contributed by atoms with Crippen LogP contribution in [-0.2, 0) is 16.1 Å². The lowest BCUT2D eigenvalue weighted by atomic mass is 9.33. The summed E-state index contributed by atoms with van der Waals surface area (Å²) in [4.78, 5) is 19.8. The minimum atomic E-state index is -0.211. The number of hydrogen-bond acceptors (Lipinski definition) is 3. The summed E-state index contributed by atoms with van der Waals surface area (Å²) in [5.74, 6) is 3.11. The predicted molar refractivity (Wildman–Crippen MR) is 191 cm³/mol. The number of rotatable bonds is 4. The summed E-state index contributed by atoms with van der Waals surface area (Å²) in [6.07, 6.45) is 15.6. The highest BCUT2D eigenvalue weighted by Gasteiger charge is 2.70. The molecule has 0 spiro atoms. The Bertz CT molecular complexity index is 1400. The second-order valence-electron chi connectivity index (χ2n) is 19.8. The fourth-order valence-electron chi connectivity index (χ4n) is 13.9. The molecule has 2 aliphatic heterocycles. The Hall–Kier alpha value is -1.65. The third-order valence-corrected chi connectivity index (χ3v) is 16.9. The van der Waals surface area contributed by atoms with Crippen molar-refractivity contribution in [2.75, 3.05) is 32.8 Å². The number of nitrogens with zero attached hydrogens (tertiary/aromatic N) is 2. The molecule has 0 bridgehead atoms. The van der Waals surface area contributed by atoms with Crippen molar-refractivity contribution >= 4 is 5.91 Å². The van der Waals surface area contributed by atoms with Gasteiger partial charge >= 0.3 is 0 Å². The molecule has 4 nitrogen and oxygen atoms in total. The first-order valence-corrected chi connectivity index (χ1v) is 19.6. The average Bonchev–Trinajstić information content (AvgIpc) is 3.87. The van der Waals surface area contributed by atoms with Crippen LogP contribution in [0.5, 0.6) is 0 Å². The second-order valence-corrected chi connectivity index (χ2v) is 19.8. The van der Waals surface area contributed by atoms with E-state index < -0.39 is 0 Å². The maximum absolute atomic E-state index is 15.0. The van der Waals surface area contributed by atoms with Crippen molar-refractivity contribution in [2.45, 2.75) is 125 Å². The van der Waals surface area contributed by atoms with Crippen LogP contribution in [0.3, 0.4) is 0 Å². The molecule has 1 aromatic carbocycles. The van der Waals surface area contributed by atoms with Crippen molar-refractivity contribution in [1.82, 2.24) is 9.80 Å². The Morgan fingerprint density at radius 2 is 1.53 bits per heavy atom. The lowest BCUT2D eigenvalue weighted by molar-refractivity contribution is -0.196. The number of fused-ring (bicyclic) bond motifs is 7. The lowest BCUT2D eigenvalue weighted by Gasteiger charge is -2.71. The molecule has 0 N–H and O–H groups in total. The number of carbonyl (C=O) groups is 1. The number of benzene rings is 1. The van der Waals surface area contributed by atoms with Crippen molar-refractivity contribution in [3.63, 3.8) is 0 Å². The molecule has 2 heterocycles. The van der Waals surface area contributed by atoms with E-state index in [0.29, 0.717) is 34.2 Å². The highest BCUT2D eigenvalue weighted by molar-refractivity contribution is 5.84. The monoisotopic (exact) mass is 640 g/mol. The molecule has 4 heteroatoms. The van der Waals surface area contributed by atoms with Crippen LogP contribution in [-0.4, -0.2) is 54.6 Å². The molecule has 7 aliphatic rings. The molecule has 6 fully saturated rings. The molecule has 1 aromatic rings. The predicted octanol–water partition coefficient (Wildman–Crippen LogP) is 9.15. The number of ether oxygens (including phenoxy) is 1. The normalized spacial score (nSPS) is 45.5. The Morgan fingerprint density at radius 3 is 2.23 bits per heavy atom. The van der Waals surface area contributed by atoms with Crippen LogP contribution in [0.15, 0.2) is 42.0 Å². The van der Waals surface area contributed by atoms with Crippen LogP contribution in [0.4, 0.5) is 0 Å². The fourth-order valence-corrected chi connectivity index (χ4v) is 13.9. The summed E-state index contributed by atoms with van der Waals surface area (Å²) in [6, 6.07) is 10.8. The minimum absolute atomic E-state index is 0.181. The number of piperazine rings is 1. The van der Waals surface area contributed by atoms with Gasteiger partial charge in [0.1, 0.15) is 0 Å². The van der Waals surface area contributed by atoms with Gasteiger partial charge in [-0.3, -0.25) is 9.69 Å². The van der Waals surface area contributed by atoms with E-state index in [0.717, 1.165) is 69.9 Å². The van der Waals surface area contributed by atoms with Gasteiger partial charge < -0.3 is 9.64 Å². The Balaban J connectivity index is 1.07. The van der Waals surface area contributed by atoms with E-state index in [9.17, 15) is 4.79 Å². The van der Waals surface area contributed by atoms with Crippen LogP contribution in [0.25, 0.3) is 0 Å². The molecule has 8 rings (SSSR count). The van der Waals surface area contributed by atoms with E-state index in [2.05, 4.69) is 94.7 Å². The molecule has 47 heavy (non-hydrogen) atoms. The highest BCUT2D eigenvalue weighted by atomic mass is 16.6. The van der Waals surface area contributed by atoms with Crippen molar-refractivity contribution < 1.29 is 9.53 Å². The van der Waals surface area contributed by atoms with Crippen molar-refractivity contribution in [2.24, 2.45) is 56.2 Å². The zero-order valence-corrected chi connectivity index (χ0v) is 30.9. The van der Waals surface area contributed by atoms with Gasteiger partial charge in [-0.15, -0.1) is 0 Å². The van der Waals surface area contributed by atoms with Crippen LogP contribution >= 0.6 is 0 Å². The summed E-state index contributed by atoms with van der Waals surface area (Å²) in [6.45, 7) is 24.0. The molecule has 4 saturated carbocycles. The number of carbonyl (C=O) groups excluding carboxylic acids is 1. The van der Waals surface area contributed by atoms with E-state index in [1.807, 2.05) is 0 Å². The maximum Gasteiger partial charge on any atom is 0.229 e. The molecule has 2 saturated heterocycles. The molecule has 9 atom stereocenters. The molecular weight excluding hydrogens is 576 g/mol. The second kappa shape index (κ2) is 10.9. The smallest absolute Gasteiger partial charge is 0.229 e. The average molecular weight is 641 g/mol. The zero-order valence-electron chi connectivity index (χ0n) is 30.9. The van der Waals surface area contributed by atoms with Crippen LogP contribution in [0, 0.1) is 56.2 Å². The van der Waals surface area contributed by atoms with Crippen molar-refractivity contribution in [3.05, 3.63) is 47.5 Å². The van der Waals surface area contributed by atoms with E-state index in [1.54, 1.807) is 5.57 Å². The summed E-state index contributed by atoms with van der Waals surface area (Å²) in [5.41, 5.74) is 4.36. The molecule has 258 valence electrons. The van der Waals surface area contributed by atoms with Gasteiger partial charge in [-0.2, -0.15) is 0 Å². The number of allylic oxidation sites excluding steroid dienone is 2. The number of amides is 1. The Kier molecular flexibility index (Phi) is 7.56. The summed E-state index contributed by atoms with van der Waals surface area (Å²) in [7, 11) is 0. The first kappa shape index (κ1) is 32.5. The highest BCUT2D eigenvalue weighted by Crippen LogP contribution is 2.76. The SMILES string of the molecule is CC1(C)CC[C@]2(C(=O)N3CCN(Cc4ccccc4)CC3)CC[C@]3(C)C(=CC[C@@H]4C5(C)CC[C@H](C6CO6)C(C)(C)[C@@H]5CC[C@]43C)[C@@H]2C1. The summed E-state index contributed by atoms with van der Waals surface area (Å²) in [5, 5.41) is 0. The fraction of sp³-hybridized carbons (Fsp3) is 0.791. The van der Waals surface area contributed by atoms with Gasteiger partial charge in [0.2, 0.25) is 5.91 Å². The van der Waals surface area contributed by atoms with Gasteiger partial charge in [-0.1, -0.05) is 90.4 Å². The number of epoxide rings is 1. The maximum atomic E-state index is 15.0. The molecular formula is C43H64N2O2. The van der Waals surface area contributed by atoms with E-state index >= 15 is 0 Å². The minimum Gasteiger partial charge on any atom is -0.373 e. The van der Waals surface area contributed by atoms with Crippen molar-refractivity contribution in [1.29, 1.82) is 0 Å². The van der Waals surface area contributed by atoms with Gasteiger partial charge in [0.25, 0.3) is 0 Å². The lowest BCUT2D eigenvalue weighted by Crippen LogP contribution is -2.65. The first-order chi connectivity index (χ1) is 22.2. The van der Waals surface area contributed by atoms with Gasteiger partial charge in [-0.25, -0.2) is 0 Å². The zero-order chi connectivity index (χ0) is 33.0. The number of hydrogen-bond donors (Lipinski definition) is 0. The first-order valence-electron chi connectivity index (χ1n) is 19.6. The van der Waals surface area contributed by atoms with E-state index in [-0.39, 0.29) is 16.2 Å². The van der Waals surface area contributed by atoms with Crippen LogP contribution in [0.2, 0.25) is 0 Å². The van der Waals surface area contributed by atoms with Crippen LogP contribution < -0.4 is 0 Å². The Morgan fingerprint density at radius 1 is 0.830 bits per heavy atom. The topological polar surface area (TPSA) is 36.1 Å². The molecule has 0 radical (unpaired) electrons. The standard InChI is InChI=1S/C43H64N2O2/c1-38(2)19-21-43(37(46)45-25-23-44(24-26-45)28-30-11-9-8-10-12-30)22-20-41(6)31(33(43)27-38)13-14-36-40(5)17-15-32(34-29-47-34)39(3,4)35(40)16-18-42(36,41)7/h8-13,32-36H,14-29H2,1-7H3/t32-,33+,34?,35+,36-,40?,41-,42-,43+/m1/s1.